The van der Waals surface area contributed by atoms with Crippen LogP contribution in [0.25, 0.3) is 0 Å². The minimum absolute atomic E-state index is 0.217. The fourth-order valence-corrected chi connectivity index (χ4v) is 3.13. The third-order valence-electron chi connectivity index (χ3n) is 4.59. The topological polar surface area (TPSA) is 55.2 Å². The number of nitro groups is 1. The summed E-state index contributed by atoms with van der Waals surface area (Å²) in [5.74, 6) is 0.753. The molecule has 0 unspecified atom stereocenters. The van der Waals surface area contributed by atoms with E-state index in [1.165, 1.54) is 32.1 Å². The molecule has 0 saturated heterocycles. The summed E-state index contributed by atoms with van der Waals surface area (Å²) in [5.41, 5.74) is 2.03. The Morgan fingerprint density at radius 3 is 2.70 bits per heavy atom. The average Bonchev–Trinajstić information content (AvgIpc) is 2.46. The first kappa shape index (κ1) is 15.0. The van der Waals surface area contributed by atoms with Crippen LogP contribution in [0.4, 0.5) is 5.69 Å². The van der Waals surface area contributed by atoms with Gasteiger partial charge in [-0.25, -0.2) is 0 Å². The van der Waals surface area contributed by atoms with E-state index in [2.05, 4.69) is 12.2 Å². The largest absolute Gasteiger partial charge is 0.310 e. The number of rotatable bonds is 5. The molecule has 1 N–H and O–H groups in total. The molecule has 2 rings (SSSR count). The van der Waals surface area contributed by atoms with E-state index in [1.807, 2.05) is 13.0 Å². The lowest BCUT2D eigenvalue weighted by molar-refractivity contribution is -0.385. The summed E-state index contributed by atoms with van der Waals surface area (Å²) < 4.78 is 0. The van der Waals surface area contributed by atoms with Gasteiger partial charge in [0.2, 0.25) is 0 Å². The molecular formula is C16H24N2O2. The first-order valence-corrected chi connectivity index (χ1v) is 7.56. The van der Waals surface area contributed by atoms with E-state index in [0.717, 1.165) is 17.0 Å². The molecule has 0 spiro atoms. The predicted molar refractivity (Wildman–Crippen MR) is 80.7 cm³/mol. The molecule has 1 aromatic rings. The SMILES string of the molecule is Cc1c(CN[C@H](C)C2CCCCC2)cccc1[N+](=O)[O-]. The van der Waals surface area contributed by atoms with E-state index in [-0.39, 0.29) is 10.6 Å². The van der Waals surface area contributed by atoms with E-state index in [1.54, 1.807) is 12.1 Å². The number of benzene rings is 1. The third-order valence-corrected chi connectivity index (χ3v) is 4.59. The van der Waals surface area contributed by atoms with E-state index in [0.29, 0.717) is 12.6 Å². The molecule has 1 aliphatic rings. The van der Waals surface area contributed by atoms with Gasteiger partial charge >= 0.3 is 0 Å². The van der Waals surface area contributed by atoms with E-state index < -0.39 is 0 Å². The zero-order valence-corrected chi connectivity index (χ0v) is 12.4. The van der Waals surface area contributed by atoms with E-state index in [9.17, 15) is 10.1 Å². The van der Waals surface area contributed by atoms with Crippen molar-refractivity contribution in [3.8, 4) is 0 Å². The van der Waals surface area contributed by atoms with Gasteiger partial charge in [-0.1, -0.05) is 31.4 Å². The quantitative estimate of drug-likeness (QED) is 0.654. The van der Waals surface area contributed by atoms with Crippen LogP contribution in [0.3, 0.4) is 0 Å². The molecule has 4 nitrogen and oxygen atoms in total. The molecule has 1 aliphatic carbocycles. The van der Waals surface area contributed by atoms with Crippen LogP contribution < -0.4 is 5.32 Å². The lowest BCUT2D eigenvalue weighted by Gasteiger charge is -2.28. The highest BCUT2D eigenvalue weighted by Gasteiger charge is 2.20. The highest BCUT2D eigenvalue weighted by molar-refractivity contribution is 5.44. The minimum atomic E-state index is -0.302. The maximum absolute atomic E-state index is 10.9. The van der Waals surface area contributed by atoms with Crippen molar-refractivity contribution in [3.05, 3.63) is 39.4 Å². The van der Waals surface area contributed by atoms with Crippen LogP contribution in [-0.2, 0) is 6.54 Å². The number of hydrogen-bond acceptors (Lipinski definition) is 3. The number of nitro benzene ring substituents is 1. The summed E-state index contributed by atoms with van der Waals surface area (Å²) in [6.45, 7) is 4.79. The van der Waals surface area contributed by atoms with Crippen LogP contribution in [0.15, 0.2) is 18.2 Å². The number of hydrogen-bond donors (Lipinski definition) is 1. The molecule has 110 valence electrons. The number of nitrogens with one attached hydrogen (secondary N) is 1. The van der Waals surface area contributed by atoms with Crippen LogP contribution in [0.2, 0.25) is 0 Å². The first-order valence-electron chi connectivity index (χ1n) is 7.56. The summed E-state index contributed by atoms with van der Waals surface area (Å²) in [7, 11) is 0. The van der Waals surface area contributed by atoms with Gasteiger partial charge in [-0.3, -0.25) is 10.1 Å². The lowest BCUT2D eigenvalue weighted by atomic mass is 9.84. The molecule has 0 heterocycles. The summed E-state index contributed by atoms with van der Waals surface area (Å²) in [4.78, 5) is 10.6. The normalized spacial score (nSPS) is 17.9. The molecule has 4 heteroatoms. The second-order valence-electron chi connectivity index (χ2n) is 5.89. The fraction of sp³-hybridized carbons (Fsp3) is 0.625. The summed E-state index contributed by atoms with van der Waals surface area (Å²) in [6, 6.07) is 5.80. The Morgan fingerprint density at radius 1 is 1.35 bits per heavy atom. The Morgan fingerprint density at radius 2 is 2.05 bits per heavy atom. The predicted octanol–water partition coefficient (Wildman–Crippen LogP) is 3.96. The molecule has 0 bridgehead atoms. The van der Waals surface area contributed by atoms with Crippen molar-refractivity contribution in [2.45, 2.75) is 58.5 Å². The van der Waals surface area contributed by atoms with Crippen LogP contribution in [0, 0.1) is 23.0 Å². The smallest absolute Gasteiger partial charge is 0.272 e. The Labute approximate surface area is 120 Å². The van der Waals surface area contributed by atoms with Gasteiger partial charge in [0.25, 0.3) is 5.69 Å². The lowest BCUT2D eigenvalue weighted by Crippen LogP contribution is -2.34. The molecule has 20 heavy (non-hydrogen) atoms. The maximum atomic E-state index is 10.9. The molecule has 0 aromatic heterocycles. The monoisotopic (exact) mass is 276 g/mol. The summed E-state index contributed by atoms with van der Waals surface area (Å²) in [6.07, 6.45) is 6.66. The summed E-state index contributed by atoms with van der Waals surface area (Å²) in [5, 5.41) is 14.5. The van der Waals surface area contributed by atoms with Gasteiger partial charge in [0.05, 0.1) is 4.92 Å². The molecule has 1 saturated carbocycles. The van der Waals surface area contributed by atoms with Gasteiger partial charge in [0, 0.05) is 24.2 Å². The van der Waals surface area contributed by atoms with Crippen molar-refractivity contribution >= 4 is 5.69 Å². The summed E-state index contributed by atoms with van der Waals surface area (Å²) >= 11 is 0. The zero-order chi connectivity index (χ0) is 14.5. The Balaban J connectivity index is 1.96. The molecule has 0 amide bonds. The van der Waals surface area contributed by atoms with Crippen LogP contribution >= 0.6 is 0 Å². The van der Waals surface area contributed by atoms with Gasteiger partial charge in [0.15, 0.2) is 0 Å². The fourth-order valence-electron chi connectivity index (χ4n) is 3.13. The number of nitrogens with zero attached hydrogens (tertiary/aromatic N) is 1. The third kappa shape index (κ3) is 3.57. The molecule has 1 atom stereocenters. The van der Waals surface area contributed by atoms with Gasteiger partial charge in [-0.05, 0) is 38.2 Å². The standard InChI is InChI=1S/C16H24N2O2/c1-12-15(9-6-10-16(12)18(19)20)11-17-13(2)14-7-4-3-5-8-14/h6,9-10,13-14,17H,3-5,7-8,11H2,1-2H3/t13-/m1/s1. The second kappa shape index (κ2) is 6.84. The van der Waals surface area contributed by atoms with Crippen molar-refractivity contribution in [1.29, 1.82) is 0 Å². The van der Waals surface area contributed by atoms with E-state index in [4.69, 9.17) is 0 Å². The average molecular weight is 276 g/mol. The van der Waals surface area contributed by atoms with Crippen molar-refractivity contribution in [2.24, 2.45) is 5.92 Å². The van der Waals surface area contributed by atoms with Gasteiger partial charge < -0.3 is 5.32 Å². The molecule has 1 aromatic carbocycles. The van der Waals surface area contributed by atoms with Crippen molar-refractivity contribution in [2.75, 3.05) is 0 Å². The van der Waals surface area contributed by atoms with Gasteiger partial charge in [-0.2, -0.15) is 0 Å². The van der Waals surface area contributed by atoms with Gasteiger partial charge in [0.1, 0.15) is 0 Å². The zero-order valence-electron chi connectivity index (χ0n) is 12.4. The maximum Gasteiger partial charge on any atom is 0.272 e. The van der Waals surface area contributed by atoms with Crippen molar-refractivity contribution in [3.63, 3.8) is 0 Å². The van der Waals surface area contributed by atoms with Gasteiger partial charge in [-0.15, -0.1) is 0 Å². The Kier molecular flexibility index (Phi) is 5.12. The molecule has 0 aliphatic heterocycles. The Bertz CT molecular complexity index is 468. The molecule has 1 fully saturated rings. The van der Waals surface area contributed by atoms with Crippen LogP contribution in [0.5, 0.6) is 0 Å². The van der Waals surface area contributed by atoms with E-state index >= 15 is 0 Å². The van der Waals surface area contributed by atoms with Crippen molar-refractivity contribution < 1.29 is 4.92 Å². The van der Waals surface area contributed by atoms with Crippen LogP contribution in [-0.4, -0.2) is 11.0 Å². The minimum Gasteiger partial charge on any atom is -0.310 e. The van der Waals surface area contributed by atoms with Crippen molar-refractivity contribution in [1.82, 2.24) is 5.32 Å². The first-order chi connectivity index (χ1) is 9.59. The molecular weight excluding hydrogens is 252 g/mol. The highest BCUT2D eigenvalue weighted by atomic mass is 16.6. The highest BCUT2D eigenvalue weighted by Crippen LogP contribution is 2.27. The van der Waals surface area contributed by atoms with Crippen LogP contribution in [0.1, 0.15) is 50.2 Å². The second-order valence-corrected chi connectivity index (χ2v) is 5.89. The Hall–Kier alpha value is -1.42. The molecule has 0 radical (unpaired) electrons.